The summed E-state index contributed by atoms with van der Waals surface area (Å²) in [6.45, 7) is 60.3. The van der Waals surface area contributed by atoms with E-state index in [-0.39, 0.29) is 0 Å². The number of rotatable bonds is 1. The second kappa shape index (κ2) is 36.4. The Kier molecular flexibility index (Phi) is 31.5. The van der Waals surface area contributed by atoms with E-state index in [1.807, 2.05) is 106 Å². The highest BCUT2D eigenvalue weighted by atomic mass is 32.1. The maximum Gasteiger partial charge on any atom is 0.129 e. The van der Waals surface area contributed by atoms with Crippen LogP contribution in [0.3, 0.4) is 0 Å². The van der Waals surface area contributed by atoms with Gasteiger partial charge in [-0.15, -0.1) is 11.3 Å². The van der Waals surface area contributed by atoms with Gasteiger partial charge in [0.05, 0.1) is 22.8 Å². The normalized spacial score (nSPS) is 9.92. The van der Waals surface area contributed by atoms with Gasteiger partial charge in [-0.3, -0.25) is 15.0 Å². The van der Waals surface area contributed by atoms with Crippen molar-refractivity contribution in [2.45, 2.75) is 201 Å². The number of benzene rings is 4. The fourth-order valence-electron chi connectivity index (χ4n) is 9.41. The van der Waals surface area contributed by atoms with Crippen LogP contribution >= 0.6 is 11.3 Å². The van der Waals surface area contributed by atoms with Gasteiger partial charge in [-0.05, 0) is 323 Å². The molecule has 0 bridgehead atoms. The van der Waals surface area contributed by atoms with E-state index in [1.54, 1.807) is 0 Å². The predicted molar refractivity (Wildman–Crippen MR) is 372 cm³/mol. The van der Waals surface area contributed by atoms with Crippen LogP contribution in [-0.4, -0.2) is 34.5 Å². The number of pyridine rings is 1. The van der Waals surface area contributed by atoms with Crippen molar-refractivity contribution in [2.24, 2.45) is 0 Å². The molecule has 0 atom stereocenters. The van der Waals surface area contributed by atoms with Gasteiger partial charge in [0, 0.05) is 38.2 Å². The molecule has 0 unspecified atom stereocenters. The molecular formula is C77H105N7OS. The maximum atomic E-state index is 5.08. The van der Waals surface area contributed by atoms with Gasteiger partial charge in [0.25, 0.3) is 0 Å². The zero-order valence-corrected chi connectivity index (χ0v) is 59.2. The van der Waals surface area contributed by atoms with Crippen LogP contribution in [0.5, 0.6) is 0 Å². The Balaban J connectivity index is 0.000000332. The summed E-state index contributed by atoms with van der Waals surface area (Å²) < 4.78 is 7.33. The maximum absolute atomic E-state index is 5.08. The largest absolute Gasteiger partial charge is 0.467 e. The number of nitrogens with zero attached hydrogens (tertiary/aromatic N) is 7. The van der Waals surface area contributed by atoms with Crippen molar-refractivity contribution >= 4 is 11.3 Å². The fourth-order valence-corrected chi connectivity index (χ4v) is 10.2. The van der Waals surface area contributed by atoms with Gasteiger partial charge in [-0.1, -0.05) is 65.2 Å². The molecule has 6 heterocycles. The highest BCUT2D eigenvalue weighted by molar-refractivity contribution is 7.11. The topological polar surface area (TPSA) is 95.4 Å². The molecule has 0 spiro atoms. The van der Waals surface area contributed by atoms with Crippen LogP contribution in [0.2, 0.25) is 0 Å². The summed E-state index contributed by atoms with van der Waals surface area (Å²) in [5, 5.41) is 0. The van der Waals surface area contributed by atoms with Crippen molar-refractivity contribution in [1.82, 2.24) is 34.5 Å². The minimum atomic E-state index is 0.792. The number of aromatic nitrogens is 7. The molecule has 0 fully saturated rings. The van der Waals surface area contributed by atoms with Crippen molar-refractivity contribution in [3.63, 3.8) is 0 Å². The lowest BCUT2D eigenvalue weighted by atomic mass is 9.90. The third-order valence-corrected chi connectivity index (χ3v) is 15.7. The van der Waals surface area contributed by atoms with Gasteiger partial charge >= 0.3 is 0 Å². The zero-order valence-electron chi connectivity index (χ0n) is 58.3. The zero-order chi connectivity index (χ0) is 65.3. The van der Waals surface area contributed by atoms with E-state index < -0.39 is 0 Å². The van der Waals surface area contributed by atoms with Crippen LogP contribution in [-0.2, 0) is 0 Å². The molecule has 0 saturated heterocycles. The van der Waals surface area contributed by atoms with Crippen LogP contribution in [0, 0.1) is 201 Å². The van der Waals surface area contributed by atoms with E-state index in [9.17, 15) is 0 Å². The second-order valence-electron chi connectivity index (χ2n) is 23.0. The number of furan rings is 1. The molecule has 6 aromatic heterocycles. The number of aryl methyl sites for hydroxylation is 23. The Hall–Kier alpha value is -7.62. The van der Waals surface area contributed by atoms with Crippen LogP contribution in [0.1, 0.15) is 162 Å². The van der Waals surface area contributed by atoms with Crippen molar-refractivity contribution in [1.29, 1.82) is 0 Å². The molecule has 8 nitrogen and oxygen atoms in total. The van der Waals surface area contributed by atoms with Gasteiger partial charge in [0.1, 0.15) is 29.0 Å². The highest BCUT2D eigenvalue weighted by Crippen LogP contribution is 2.25. The van der Waals surface area contributed by atoms with Crippen LogP contribution < -0.4 is 0 Å². The predicted octanol–water partition coefficient (Wildman–Crippen LogP) is 20.9. The SMILES string of the molecule is Cc1c(C)c(C)c(C)c(C)c1C.Cc1cc(C)c(C)cc1C.Cc1cc(C)cc(C)c1.Cc1cc(C)nc(C)c1.Cc1ccc(C)n1-c1ccccc1.Cc1ccc(C)o1.Cc1ccc(C)s1.Cc1nc(C)c(C)nc1C.Cc1nc(C)nc(C)n1. The Morgan fingerprint density at radius 1 is 0.291 bits per heavy atom. The molecule has 0 amide bonds. The lowest BCUT2D eigenvalue weighted by Crippen LogP contribution is -1.98. The summed E-state index contributed by atoms with van der Waals surface area (Å²) in [6, 6.07) is 38.1. The summed E-state index contributed by atoms with van der Waals surface area (Å²) in [4.78, 5) is 27.7. The summed E-state index contributed by atoms with van der Waals surface area (Å²) in [7, 11) is 0. The lowest BCUT2D eigenvalue weighted by Gasteiger charge is -2.15. The molecule has 460 valence electrons. The number of para-hydroxylation sites is 1. The second-order valence-corrected chi connectivity index (χ2v) is 24.5. The average Bonchev–Trinajstić information content (AvgIpc) is 3.69. The molecule has 4 aromatic carbocycles. The molecule has 0 radical (unpaired) electrons. The quantitative estimate of drug-likeness (QED) is 0.162. The molecule has 0 saturated carbocycles. The molecule has 0 N–H and O–H groups in total. The summed E-state index contributed by atoms with van der Waals surface area (Å²) >= 11 is 1.84. The first-order valence-electron chi connectivity index (χ1n) is 29.9. The Bertz CT molecular complexity index is 3090. The van der Waals surface area contributed by atoms with Gasteiger partial charge in [0.2, 0.25) is 0 Å². The number of thiophene rings is 1. The fraction of sp³-hybridized carbons (Fsp3) is 0.377. The summed E-state index contributed by atoms with van der Waals surface area (Å²) in [5.41, 5.74) is 29.8. The molecule has 0 aliphatic rings. The van der Waals surface area contributed by atoms with E-state index in [0.717, 1.165) is 63.2 Å². The summed E-state index contributed by atoms with van der Waals surface area (Å²) in [5.74, 6) is 4.34. The van der Waals surface area contributed by atoms with Crippen molar-refractivity contribution in [3.8, 4) is 5.69 Å². The van der Waals surface area contributed by atoms with E-state index >= 15 is 0 Å². The number of hydrogen-bond acceptors (Lipinski definition) is 8. The third-order valence-electron chi connectivity index (χ3n) is 14.8. The first-order valence-corrected chi connectivity index (χ1v) is 30.7. The Morgan fingerprint density at radius 3 is 0.826 bits per heavy atom. The molecular weight excluding hydrogens is 1070 g/mol. The Labute approximate surface area is 525 Å². The van der Waals surface area contributed by atoms with E-state index in [2.05, 4.69) is 250 Å². The van der Waals surface area contributed by atoms with Crippen LogP contribution in [0.25, 0.3) is 5.69 Å². The van der Waals surface area contributed by atoms with E-state index in [0.29, 0.717) is 0 Å². The first kappa shape index (κ1) is 74.5. The smallest absolute Gasteiger partial charge is 0.129 e. The first-order chi connectivity index (χ1) is 40.1. The van der Waals surface area contributed by atoms with Crippen LogP contribution in [0.15, 0.2) is 114 Å². The van der Waals surface area contributed by atoms with Crippen molar-refractivity contribution in [3.05, 3.63) is 271 Å². The molecule has 86 heavy (non-hydrogen) atoms. The average molecular weight is 1180 g/mol. The minimum Gasteiger partial charge on any atom is -0.467 e. The highest BCUT2D eigenvalue weighted by Gasteiger charge is 2.08. The minimum absolute atomic E-state index is 0.792. The molecule has 10 aromatic rings. The van der Waals surface area contributed by atoms with Crippen LogP contribution in [0.4, 0.5) is 0 Å². The lowest BCUT2D eigenvalue weighted by molar-refractivity contribution is 0.504. The van der Waals surface area contributed by atoms with Crippen molar-refractivity contribution < 1.29 is 4.42 Å². The molecule has 10 rings (SSSR count). The van der Waals surface area contributed by atoms with Gasteiger partial charge < -0.3 is 8.98 Å². The summed E-state index contributed by atoms with van der Waals surface area (Å²) in [6.07, 6.45) is 0. The number of hydrogen-bond donors (Lipinski definition) is 0. The molecule has 9 heteroatoms. The standard InChI is InChI=1S/C12H13N.C12H18.C10H14.C9H12.C8H12N2.C8H11N.C6H9N3.C6H8O.C6H8S/c1-10-8-9-11(2)13(10)12-6-4-3-5-7-12;1-7-8(2)10(4)12(6)11(5)9(7)3;1-7-5-9(3)10(4)6-8(7)2;1-7-4-8(2)6-9(3)5-7;1-5-6(2)10-8(4)7(3)9-5;1-6-4-7(2)9-8(3)5-6;1-4-7-5(2)9-6(3)8-4;2*1-5-3-4-6(2)7-5/h3-9H,1-2H3;1-6H3;5-6H,1-4H3;4-6H,1-3H3;1-4H3;4-5H,1-3H3;1-3H3;2*3-4H,1-2H3. The molecule has 0 aliphatic carbocycles. The monoisotopic (exact) mass is 1180 g/mol. The van der Waals surface area contributed by atoms with Crippen molar-refractivity contribution in [2.75, 3.05) is 0 Å². The van der Waals surface area contributed by atoms with Gasteiger partial charge in [0.15, 0.2) is 0 Å². The van der Waals surface area contributed by atoms with E-state index in [4.69, 9.17) is 4.42 Å². The third kappa shape index (κ3) is 26.7. The van der Waals surface area contributed by atoms with Gasteiger partial charge in [-0.25, -0.2) is 15.0 Å². The molecule has 0 aliphatic heterocycles. The van der Waals surface area contributed by atoms with Gasteiger partial charge in [-0.2, -0.15) is 0 Å². The van der Waals surface area contributed by atoms with E-state index in [1.165, 1.54) is 105 Å². The Morgan fingerprint density at radius 2 is 0.581 bits per heavy atom.